The molecular formula is C15H14ClN3O3. The summed E-state index contributed by atoms with van der Waals surface area (Å²) in [5, 5.41) is 16.9. The van der Waals surface area contributed by atoms with Crippen LogP contribution >= 0.6 is 11.6 Å². The lowest BCUT2D eigenvalue weighted by molar-refractivity contribution is -0.384. The number of hydrogen-bond donors (Lipinski definition) is 2. The first kappa shape index (κ1) is 15.8. The van der Waals surface area contributed by atoms with Crippen LogP contribution in [-0.2, 0) is 0 Å². The third-order valence-corrected chi connectivity index (χ3v) is 3.56. The molecule has 0 bridgehead atoms. The second-order valence-corrected chi connectivity index (χ2v) is 5.06. The van der Waals surface area contributed by atoms with Crippen LogP contribution < -0.4 is 10.6 Å². The summed E-state index contributed by atoms with van der Waals surface area (Å²) in [6.45, 7) is 1.85. The van der Waals surface area contributed by atoms with Crippen LogP contribution in [-0.4, -0.2) is 17.9 Å². The van der Waals surface area contributed by atoms with Gasteiger partial charge in [-0.15, -0.1) is 0 Å². The molecule has 0 spiro atoms. The quantitative estimate of drug-likeness (QED) is 0.662. The van der Waals surface area contributed by atoms with Crippen molar-refractivity contribution in [1.29, 1.82) is 0 Å². The van der Waals surface area contributed by atoms with E-state index in [1.54, 1.807) is 25.2 Å². The van der Waals surface area contributed by atoms with Crippen molar-refractivity contribution in [3.63, 3.8) is 0 Å². The van der Waals surface area contributed by atoms with E-state index in [4.69, 9.17) is 11.6 Å². The molecule has 0 atom stereocenters. The number of nitrogens with one attached hydrogen (secondary N) is 2. The molecule has 2 aromatic rings. The Labute approximate surface area is 132 Å². The lowest BCUT2D eigenvalue weighted by Gasteiger charge is -2.08. The fourth-order valence-electron chi connectivity index (χ4n) is 1.91. The molecule has 0 aliphatic heterocycles. The van der Waals surface area contributed by atoms with Gasteiger partial charge in [0.05, 0.1) is 4.92 Å². The molecule has 114 valence electrons. The number of carbonyl (C=O) groups excluding carboxylic acids is 1. The summed E-state index contributed by atoms with van der Waals surface area (Å²) in [6, 6.07) is 9.38. The third-order valence-electron chi connectivity index (χ3n) is 3.16. The first-order chi connectivity index (χ1) is 10.4. The molecule has 2 rings (SSSR count). The predicted octanol–water partition coefficient (Wildman–Crippen LogP) is 3.85. The molecular weight excluding hydrogens is 306 g/mol. The van der Waals surface area contributed by atoms with Crippen molar-refractivity contribution in [2.24, 2.45) is 0 Å². The van der Waals surface area contributed by atoms with Gasteiger partial charge in [-0.3, -0.25) is 14.9 Å². The topological polar surface area (TPSA) is 84.3 Å². The predicted molar refractivity (Wildman–Crippen MR) is 86.8 cm³/mol. The van der Waals surface area contributed by atoms with E-state index in [-0.39, 0.29) is 11.3 Å². The van der Waals surface area contributed by atoms with Crippen molar-refractivity contribution in [3.05, 3.63) is 62.7 Å². The number of halogens is 1. The van der Waals surface area contributed by atoms with Crippen molar-refractivity contribution < 1.29 is 9.72 Å². The summed E-state index contributed by atoms with van der Waals surface area (Å²) in [7, 11) is 1.58. The Bertz CT molecular complexity index is 747. The van der Waals surface area contributed by atoms with Gasteiger partial charge in [0.2, 0.25) is 0 Å². The smallest absolute Gasteiger partial charge is 0.293 e. The van der Waals surface area contributed by atoms with E-state index in [0.29, 0.717) is 16.4 Å². The molecule has 2 aromatic carbocycles. The van der Waals surface area contributed by atoms with E-state index >= 15 is 0 Å². The van der Waals surface area contributed by atoms with Gasteiger partial charge in [0.25, 0.3) is 11.6 Å². The third kappa shape index (κ3) is 3.35. The summed E-state index contributed by atoms with van der Waals surface area (Å²) in [5.74, 6) is -0.439. The van der Waals surface area contributed by atoms with Crippen LogP contribution in [0.15, 0.2) is 36.4 Å². The monoisotopic (exact) mass is 319 g/mol. The average molecular weight is 320 g/mol. The summed E-state index contributed by atoms with van der Waals surface area (Å²) in [5.41, 5.74) is 1.81. The zero-order chi connectivity index (χ0) is 16.3. The van der Waals surface area contributed by atoms with Gasteiger partial charge in [-0.2, -0.15) is 0 Å². The van der Waals surface area contributed by atoms with Crippen LogP contribution in [0.2, 0.25) is 5.02 Å². The van der Waals surface area contributed by atoms with Gasteiger partial charge in [0, 0.05) is 29.4 Å². The molecule has 22 heavy (non-hydrogen) atoms. The molecule has 6 nitrogen and oxygen atoms in total. The molecule has 1 amide bonds. The van der Waals surface area contributed by atoms with Crippen molar-refractivity contribution in [2.45, 2.75) is 6.92 Å². The van der Waals surface area contributed by atoms with Crippen molar-refractivity contribution in [3.8, 4) is 0 Å². The number of benzene rings is 2. The molecule has 0 aliphatic rings. The number of nitrogens with zero attached hydrogens (tertiary/aromatic N) is 1. The fourth-order valence-corrected chi connectivity index (χ4v) is 2.09. The Hall–Kier alpha value is -2.60. The number of anilines is 2. The number of rotatable bonds is 4. The van der Waals surface area contributed by atoms with E-state index in [1.807, 2.05) is 6.92 Å². The fraction of sp³-hybridized carbons (Fsp3) is 0.133. The van der Waals surface area contributed by atoms with Gasteiger partial charge in [-0.1, -0.05) is 17.7 Å². The molecule has 0 radical (unpaired) electrons. The van der Waals surface area contributed by atoms with E-state index in [1.165, 1.54) is 18.2 Å². The van der Waals surface area contributed by atoms with Gasteiger partial charge in [-0.05, 0) is 36.8 Å². The van der Waals surface area contributed by atoms with Crippen molar-refractivity contribution in [1.82, 2.24) is 0 Å². The normalized spacial score (nSPS) is 10.1. The molecule has 2 N–H and O–H groups in total. The molecule has 0 aromatic heterocycles. The van der Waals surface area contributed by atoms with Crippen LogP contribution in [0.3, 0.4) is 0 Å². The van der Waals surface area contributed by atoms with Crippen molar-refractivity contribution in [2.75, 3.05) is 17.7 Å². The molecule has 0 fully saturated rings. The summed E-state index contributed by atoms with van der Waals surface area (Å²) >= 11 is 6.00. The minimum Gasteiger partial charge on any atom is -0.383 e. The zero-order valence-corrected chi connectivity index (χ0v) is 12.8. The molecule has 0 unspecified atom stereocenters. The highest BCUT2D eigenvalue weighted by molar-refractivity contribution is 6.31. The number of hydrogen-bond acceptors (Lipinski definition) is 4. The molecule has 0 saturated heterocycles. The Morgan fingerprint density at radius 2 is 1.95 bits per heavy atom. The Kier molecular flexibility index (Phi) is 4.62. The van der Waals surface area contributed by atoms with Crippen molar-refractivity contribution >= 4 is 34.6 Å². The molecule has 0 heterocycles. The molecule has 0 aliphatic carbocycles. The summed E-state index contributed by atoms with van der Waals surface area (Å²) < 4.78 is 0. The first-order valence-corrected chi connectivity index (χ1v) is 6.84. The number of aryl methyl sites for hydroxylation is 1. The minimum absolute atomic E-state index is 0.155. The lowest BCUT2D eigenvalue weighted by Crippen LogP contribution is -2.12. The van der Waals surface area contributed by atoms with Gasteiger partial charge in [0.1, 0.15) is 5.69 Å². The van der Waals surface area contributed by atoms with Gasteiger partial charge < -0.3 is 10.6 Å². The highest BCUT2D eigenvalue weighted by Gasteiger charge is 2.17. The minimum atomic E-state index is -0.536. The highest BCUT2D eigenvalue weighted by Crippen LogP contribution is 2.26. The number of nitro benzene ring substituents is 1. The SMILES string of the molecule is CNc1ccc(C(=O)Nc2ccc(C)c(Cl)c2)cc1[N+](=O)[O-]. The van der Waals surface area contributed by atoms with Crippen LogP contribution in [0.4, 0.5) is 17.1 Å². The second-order valence-electron chi connectivity index (χ2n) is 4.66. The Balaban J connectivity index is 2.27. The maximum Gasteiger partial charge on any atom is 0.293 e. The standard InChI is InChI=1S/C15H14ClN3O3/c1-9-3-5-11(8-12(9)16)18-15(20)10-4-6-13(17-2)14(7-10)19(21)22/h3-8,17H,1-2H3,(H,18,20). The maximum atomic E-state index is 12.2. The molecule has 7 heteroatoms. The van der Waals surface area contributed by atoms with Gasteiger partial charge in [-0.25, -0.2) is 0 Å². The van der Waals surface area contributed by atoms with Crippen LogP contribution in [0.5, 0.6) is 0 Å². The second kappa shape index (κ2) is 6.44. The number of amides is 1. The summed E-state index contributed by atoms with van der Waals surface area (Å²) in [6.07, 6.45) is 0. The number of carbonyl (C=O) groups is 1. The van der Waals surface area contributed by atoms with Crippen LogP contribution in [0, 0.1) is 17.0 Å². The Morgan fingerprint density at radius 1 is 1.23 bits per heavy atom. The van der Waals surface area contributed by atoms with E-state index in [9.17, 15) is 14.9 Å². The highest BCUT2D eigenvalue weighted by atomic mass is 35.5. The molecule has 0 saturated carbocycles. The average Bonchev–Trinajstić information content (AvgIpc) is 2.50. The largest absolute Gasteiger partial charge is 0.383 e. The summed E-state index contributed by atoms with van der Waals surface area (Å²) in [4.78, 5) is 22.7. The lowest BCUT2D eigenvalue weighted by atomic mass is 10.1. The Morgan fingerprint density at radius 3 is 2.55 bits per heavy atom. The zero-order valence-electron chi connectivity index (χ0n) is 12.0. The first-order valence-electron chi connectivity index (χ1n) is 6.46. The van der Waals surface area contributed by atoms with E-state index < -0.39 is 10.8 Å². The maximum absolute atomic E-state index is 12.2. The number of nitro groups is 1. The van der Waals surface area contributed by atoms with Gasteiger partial charge in [0.15, 0.2) is 0 Å². The van der Waals surface area contributed by atoms with E-state index in [2.05, 4.69) is 10.6 Å². The van der Waals surface area contributed by atoms with Gasteiger partial charge >= 0.3 is 0 Å². The van der Waals surface area contributed by atoms with E-state index in [0.717, 1.165) is 5.56 Å². The van der Waals surface area contributed by atoms with Crippen LogP contribution in [0.1, 0.15) is 15.9 Å². The van der Waals surface area contributed by atoms with Crippen LogP contribution in [0.25, 0.3) is 0 Å².